The van der Waals surface area contributed by atoms with Gasteiger partial charge in [0.05, 0.1) is 11.0 Å². The quantitative estimate of drug-likeness (QED) is 0.593. The number of nitrogens with one attached hydrogen (secondary N) is 2. The van der Waals surface area contributed by atoms with Crippen molar-refractivity contribution < 1.29 is 19.2 Å². The fourth-order valence-corrected chi connectivity index (χ4v) is 4.64. The van der Waals surface area contributed by atoms with Crippen molar-refractivity contribution in [3.63, 3.8) is 0 Å². The molecule has 2 fully saturated rings. The van der Waals surface area contributed by atoms with Gasteiger partial charge in [0.25, 0.3) is 0 Å². The third-order valence-electron chi connectivity index (χ3n) is 5.90. The molecule has 28 heavy (non-hydrogen) atoms. The Kier molecular flexibility index (Phi) is 7.92. The Morgan fingerprint density at radius 1 is 1.18 bits per heavy atom. The Balaban J connectivity index is 1.81. The molecule has 0 aromatic rings. The fraction of sp³-hybridized carbons (Fsp3) is 0.800. The molecule has 2 aliphatic rings. The third-order valence-corrected chi connectivity index (χ3v) is 7.10. The van der Waals surface area contributed by atoms with Gasteiger partial charge in [-0.15, -0.1) is 11.8 Å². The Bertz CT molecular complexity index is 615. The number of carbonyl (C=O) groups is 4. The first kappa shape index (κ1) is 22.7. The van der Waals surface area contributed by atoms with Crippen molar-refractivity contribution in [1.29, 1.82) is 0 Å². The Morgan fingerprint density at radius 3 is 2.39 bits per heavy atom. The molecule has 2 N–H and O–H groups in total. The van der Waals surface area contributed by atoms with Crippen molar-refractivity contribution in [2.75, 3.05) is 19.3 Å². The number of thioether (sulfide) groups is 1. The van der Waals surface area contributed by atoms with Crippen molar-refractivity contribution in [2.45, 2.75) is 70.1 Å². The van der Waals surface area contributed by atoms with E-state index >= 15 is 0 Å². The van der Waals surface area contributed by atoms with E-state index in [2.05, 4.69) is 17.6 Å². The highest BCUT2D eigenvalue weighted by Gasteiger charge is 2.40. The van der Waals surface area contributed by atoms with Crippen LogP contribution in [0.1, 0.15) is 59.3 Å². The summed E-state index contributed by atoms with van der Waals surface area (Å²) in [6.45, 7) is 6.55. The number of hydrogen-bond acceptors (Lipinski definition) is 5. The van der Waals surface area contributed by atoms with Crippen LogP contribution in [0.2, 0.25) is 0 Å². The van der Waals surface area contributed by atoms with Crippen molar-refractivity contribution >= 4 is 35.4 Å². The average molecular weight is 412 g/mol. The van der Waals surface area contributed by atoms with Crippen LogP contribution in [0.15, 0.2) is 0 Å². The topological polar surface area (TPSA) is 95.6 Å². The van der Waals surface area contributed by atoms with Gasteiger partial charge in [0, 0.05) is 31.5 Å². The monoisotopic (exact) mass is 411 g/mol. The summed E-state index contributed by atoms with van der Waals surface area (Å²) in [5.74, 6) is 0.0903. The molecular weight excluding hydrogens is 378 g/mol. The number of rotatable bonds is 8. The Hall–Kier alpha value is -1.57. The molecule has 1 aliphatic carbocycles. The van der Waals surface area contributed by atoms with Crippen LogP contribution in [0.3, 0.4) is 0 Å². The van der Waals surface area contributed by atoms with E-state index in [-0.39, 0.29) is 53.2 Å². The lowest BCUT2D eigenvalue weighted by molar-refractivity contribution is -0.139. The van der Waals surface area contributed by atoms with Gasteiger partial charge >= 0.3 is 0 Å². The molecule has 0 aromatic carbocycles. The van der Waals surface area contributed by atoms with Gasteiger partial charge in [0.15, 0.2) is 0 Å². The number of hydrogen-bond donors (Lipinski definition) is 2. The summed E-state index contributed by atoms with van der Waals surface area (Å²) in [6, 6.07) is 0. The maximum absolute atomic E-state index is 12.5. The maximum atomic E-state index is 12.5. The maximum Gasteiger partial charge on any atom is 0.242 e. The first-order chi connectivity index (χ1) is 13.2. The van der Waals surface area contributed by atoms with Gasteiger partial charge in [-0.3, -0.25) is 24.1 Å². The van der Waals surface area contributed by atoms with E-state index in [0.717, 1.165) is 32.1 Å². The van der Waals surface area contributed by atoms with Crippen molar-refractivity contribution in [1.82, 2.24) is 15.5 Å². The standard InChI is InChI=1S/C20H33N3O4S/c1-5-20(2,3)22-18(26)14-8-6-13(7-9-14)11-23-17(25)10-15(19(23)27)28-12-16(24)21-4/h13-15H,5-12H2,1-4H3,(H,21,24)(H,22,26). The first-order valence-corrected chi connectivity index (χ1v) is 11.2. The predicted octanol–water partition coefficient (Wildman–Crippen LogP) is 1.70. The van der Waals surface area contributed by atoms with E-state index in [4.69, 9.17) is 0 Å². The number of imide groups is 1. The van der Waals surface area contributed by atoms with Gasteiger partial charge < -0.3 is 10.6 Å². The number of amides is 4. The van der Waals surface area contributed by atoms with Crippen LogP contribution in [0.5, 0.6) is 0 Å². The molecule has 1 saturated heterocycles. The molecule has 8 heteroatoms. The van der Waals surface area contributed by atoms with Crippen LogP contribution in [-0.4, -0.2) is 58.7 Å². The lowest BCUT2D eigenvalue weighted by atomic mass is 9.81. The molecular formula is C20H33N3O4S. The van der Waals surface area contributed by atoms with Gasteiger partial charge in [-0.05, 0) is 51.9 Å². The fourth-order valence-electron chi connectivity index (χ4n) is 3.61. The van der Waals surface area contributed by atoms with Gasteiger partial charge in [0.1, 0.15) is 0 Å². The molecule has 1 unspecified atom stereocenters. The molecule has 2 rings (SSSR count). The Labute approximate surface area is 171 Å². The summed E-state index contributed by atoms with van der Waals surface area (Å²) in [7, 11) is 1.55. The first-order valence-electron chi connectivity index (χ1n) is 10.1. The van der Waals surface area contributed by atoms with Crippen LogP contribution in [-0.2, 0) is 19.2 Å². The lowest BCUT2D eigenvalue weighted by Gasteiger charge is -2.32. The molecule has 7 nitrogen and oxygen atoms in total. The van der Waals surface area contributed by atoms with Gasteiger partial charge in [-0.25, -0.2) is 0 Å². The van der Waals surface area contributed by atoms with Crippen molar-refractivity contribution in [2.24, 2.45) is 11.8 Å². The largest absolute Gasteiger partial charge is 0.358 e. The highest BCUT2D eigenvalue weighted by Crippen LogP contribution is 2.32. The molecule has 158 valence electrons. The Morgan fingerprint density at radius 2 is 1.82 bits per heavy atom. The van der Waals surface area contributed by atoms with E-state index in [1.807, 2.05) is 13.8 Å². The zero-order chi connectivity index (χ0) is 20.9. The predicted molar refractivity (Wildman–Crippen MR) is 110 cm³/mol. The lowest BCUT2D eigenvalue weighted by Crippen LogP contribution is -2.46. The van der Waals surface area contributed by atoms with E-state index in [1.54, 1.807) is 7.05 Å². The molecule has 0 aromatic heterocycles. The molecule has 0 radical (unpaired) electrons. The van der Waals surface area contributed by atoms with Gasteiger partial charge in [0.2, 0.25) is 23.6 Å². The highest BCUT2D eigenvalue weighted by molar-refractivity contribution is 8.01. The molecule has 0 spiro atoms. The second-order valence-electron chi connectivity index (χ2n) is 8.46. The second-order valence-corrected chi connectivity index (χ2v) is 9.65. The molecule has 1 saturated carbocycles. The molecule has 4 amide bonds. The summed E-state index contributed by atoms with van der Waals surface area (Å²) in [4.78, 5) is 50.0. The van der Waals surface area contributed by atoms with E-state index in [1.165, 1.54) is 16.7 Å². The highest BCUT2D eigenvalue weighted by atomic mass is 32.2. The molecule has 1 aliphatic heterocycles. The number of carbonyl (C=O) groups excluding carboxylic acids is 4. The van der Waals surface area contributed by atoms with Gasteiger partial charge in [-0.1, -0.05) is 6.92 Å². The zero-order valence-electron chi connectivity index (χ0n) is 17.4. The molecule has 0 bridgehead atoms. The van der Waals surface area contributed by atoms with E-state index < -0.39 is 5.25 Å². The summed E-state index contributed by atoms with van der Waals surface area (Å²) in [5.41, 5.74) is -0.191. The zero-order valence-corrected chi connectivity index (χ0v) is 18.2. The van der Waals surface area contributed by atoms with E-state index in [0.29, 0.717) is 6.54 Å². The summed E-state index contributed by atoms with van der Waals surface area (Å²) in [5, 5.41) is 5.18. The van der Waals surface area contributed by atoms with E-state index in [9.17, 15) is 19.2 Å². The van der Waals surface area contributed by atoms with Crippen LogP contribution in [0.4, 0.5) is 0 Å². The number of likely N-dealkylation sites (tertiary alicyclic amines) is 1. The normalized spacial score (nSPS) is 25.7. The van der Waals surface area contributed by atoms with Crippen LogP contribution in [0.25, 0.3) is 0 Å². The SMILES string of the molecule is CCC(C)(C)NC(=O)C1CCC(CN2C(=O)CC(SCC(=O)NC)C2=O)CC1. The van der Waals surface area contributed by atoms with Crippen molar-refractivity contribution in [3.8, 4) is 0 Å². The van der Waals surface area contributed by atoms with Crippen molar-refractivity contribution in [3.05, 3.63) is 0 Å². The van der Waals surface area contributed by atoms with Crippen LogP contribution >= 0.6 is 11.8 Å². The minimum Gasteiger partial charge on any atom is -0.358 e. The van der Waals surface area contributed by atoms with Crippen LogP contribution < -0.4 is 10.6 Å². The summed E-state index contributed by atoms with van der Waals surface area (Å²) >= 11 is 1.23. The average Bonchev–Trinajstić information content (AvgIpc) is 2.93. The minimum atomic E-state index is -0.455. The molecule has 1 atom stereocenters. The summed E-state index contributed by atoms with van der Waals surface area (Å²) in [6.07, 6.45) is 4.33. The minimum absolute atomic E-state index is 0.0166. The van der Waals surface area contributed by atoms with Gasteiger partial charge in [-0.2, -0.15) is 0 Å². The number of nitrogens with zero attached hydrogens (tertiary/aromatic N) is 1. The van der Waals surface area contributed by atoms with Crippen LogP contribution in [0, 0.1) is 11.8 Å². The third kappa shape index (κ3) is 5.96. The molecule has 1 heterocycles. The second kappa shape index (κ2) is 9.76. The summed E-state index contributed by atoms with van der Waals surface area (Å²) < 4.78 is 0. The smallest absolute Gasteiger partial charge is 0.242 e.